The van der Waals surface area contributed by atoms with Gasteiger partial charge in [0.25, 0.3) is 0 Å². The largest absolute Gasteiger partial charge is 0.481 e. The van der Waals surface area contributed by atoms with Crippen molar-refractivity contribution >= 4 is 11.9 Å². The van der Waals surface area contributed by atoms with Crippen LogP contribution in [-0.2, 0) is 9.59 Å². The highest BCUT2D eigenvalue weighted by Gasteiger charge is 2.35. The van der Waals surface area contributed by atoms with Gasteiger partial charge in [0.05, 0.1) is 18.0 Å². The summed E-state index contributed by atoms with van der Waals surface area (Å²) in [6, 6.07) is 8.73. The van der Waals surface area contributed by atoms with Crippen LogP contribution in [0.15, 0.2) is 30.3 Å². The third-order valence-corrected chi connectivity index (χ3v) is 4.01. The second-order valence-corrected chi connectivity index (χ2v) is 5.75. The van der Waals surface area contributed by atoms with Gasteiger partial charge in [-0.1, -0.05) is 30.3 Å². The summed E-state index contributed by atoms with van der Waals surface area (Å²) in [5.41, 5.74) is 0.205. The second-order valence-electron chi connectivity index (χ2n) is 5.75. The molecule has 2 atom stereocenters. The molecule has 1 aliphatic heterocycles. The van der Waals surface area contributed by atoms with Crippen LogP contribution in [-0.4, -0.2) is 29.1 Å². The number of carbonyl (C=O) groups is 2. The first kappa shape index (κ1) is 15.5. The Morgan fingerprint density at radius 2 is 2.05 bits per heavy atom. The molecule has 1 heterocycles. The number of benzene rings is 1. The van der Waals surface area contributed by atoms with Crippen molar-refractivity contribution in [2.75, 3.05) is 6.54 Å². The highest BCUT2D eigenvalue weighted by Crippen LogP contribution is 2.22. The Balaban J connectivity index is 2.11. The molecule has 0 radical (unpaired) electrons. The van der Waals surface area contributed by atoms with E-state index in [-0.39, 0.29) is 12.3 Å². The van der Waals surface area contributed by atoms with Gasteiger partial charge in [-0.3, -0.25) is 9.59 Å². The Morgan fingerprint density at radius 3 is 2.62 bits per heavy atom. The van der Waals surface area contributed by atoms with Crippen LogP contribution < -0.4 is 10.6 Å². The molecule has 0 aromatic heterocycles. The van der Waals surface area contributed by atoms with Crippen molar-refractivity contribution in [1.82, 2.24) is 10.6 Å². The molecule has 1 saturated heterocycles. The minimum Gasteiger partial charge on any atom is -0.481 e. The molecule has 21 heavy (non-hydrogen) atoms. The molecule has 0 spiro atoms. The van der Waals surface area contributed by atoms with Gasteiger partial charge >= 0.3 is 5.97 Å². The Morgan fingerprint density at radius 1 is 1.33 bits per heavy atom. The minimum absolute atomic E-state index is 0.119. The van der Waals surface area contributed by atoms with Crippen molar-refractivity contribution in [1.29, 1.82) is 0 Å². The molecule has 1 fully saturated rings. The SMILES string of the molecule is CC1(C(=O)NC(CC(=O)O)c2ccccc2)CCCCN1. The lowest BCUT2D eigenvalue weighted by molar-refractivity contribution is -0.138. The Kier molecular flexibility index (Phi) is 4.96. The van der Waals surface area contributed by atoms with Crippen molar-refractivity contribution < 1.29 is 14.7 Å². The van der Waals surface area contributed by atoms with Crippen LogP contribution in [0.4, 0.5) is 0 Å². The van der Waals surface area contributed by atoms with Gasteiger partial charge < -0.3 is 15.7 Å². The van der Waals surface area contributed by atoms with Gasteiger partial charge in [0.2, 0.25) is 5.91 Å². The number of carboxylic acid groups (broad SMARTS) is 1. The van der Waals surface area contributed by atoms with Crippen LogP contribution in [0.3, 0.4) is 0 Å². The predicted molar refractivity (Wildman–Crippen MR) is 79.8 cm³/mol. The summed E-state index contributed by atoms with van der Waals surface area (Å²) in [5.74, 6) is -1.05. The molecular weight excluding hydrogens is 268 g/mol. The van der Waals surface area contributed by atoms with E-state index in [2.05, 4.69) is 10.6 Å². The second kappa shape index (κ2) is 6.72. The zero-order valence-electron chi connectivity index (χ0n) is 12.3. The van der Waals surface area contributed by atoms with E-state index < -0.39 is 17.6 Å². The Labute approximate surface area is 124 Å². The lowest BCUT2D eigenvalue weighted by Crippen LogP contribution is -2.57. The first-order chi connectivity index (χ1) is 10.0. The molecule has 114 valence electrons. The first-order valence-electron chi connectivity index (χ1n) is 7.34. The smallest absolute Gasteiger partial charge is 0.305 e. The summed E-state index contributed by atoms with van der Waals surface area (Å²) >= 11 is 0. The number of hydrogen-bond donors (Lipinski definition) is 3. The Hall–Kier alpha value is -1.88. The summed E-state index contributed by atoms with van der Waals surface area (Å²) in [6.45, 7) is 2.70. The van der Waals surface area contributed by atoms with Crippen LogP contribution in [0.25, 0.3) is 0 Å². The molecule has 5 heteroatoms. The van der Waals surface area contributed by atoms with Crippen LogP contribution >= 0.6 is 0 Å². The average molecular weight is 290 g/mol. The van der Waals surface area contributed by atoms with Gasteiger partial charge in [0, 0.05) is 0 Å². The number of carboxylic acids is 1. The monoisotopic (exact) mass is 290 g/mol. The fourth-order valence-corrected chi connectivity index (χ4v) is 2.68. The summed E-state index contributed by atoms with van der Waals surface area (Å²) in [5, 5.41) is 15.2. The number of carbonyl (C=O) groups excluding carboxylic acids is 1. The maximum Gasteiger partial charge on any atom is 0.305 e. The normalized spacial score (nSPS) is 23.3. The number of rotatable bonds is 5. The van der Waals surface area contributed by atoms with E-state index in [0.717, 1.165) is 31.4 Å². The van der Waals surface area contributed by atoms with Crippen molar-refractivity contribution in [2.24, 2.45) is 0 Å². The van der Waals surface area contributed by atoms with Gasteiger partial charge in [-0.2, -0.15) is 0 Å². The van der Waals surface area contributed by atoms with E-state index in [1.54, 1.807) is 0 Å². The maximum absolute atomic E-state index is 12.5. The lowest BCUT2D eigenvalue weighted by Gasteiger charge is -2.34. The van der Waals surface area contributed by atoms with Gasteiger partial charge in [-0.25, -0.2) is 0 Å². The van der Waals surface area contributed by atoms with Crippen molar-refractivity contribution in [2.45, 2.75) is 44.2 Å². The highest BCUT2D eigenvalue weighted by atomic mass is 16.4. The predicted octanol–water partition coefficient (Wildman–Crippen LogP) is 1.85. The molecule has 2 unspecified atom stereocenters. The lowest BCUT2D eigenvalue weighted by atomic mass is 9.89. The van der Waals surface area contributed by atoms with Gasteiger partial charge in [0.1, 0.15) is 0 Å². The molecule has 2 rings (SSSR count). The molecule has 1 amide bonds. The zero-order valence-corrected chi connectivity index (χ0v) is 12.3. The fraction of sp³-hybridized carbons (Fsp3) is 0.500. The summed E-state index contributed by atoms with van der Waals surface area (Å²) < 4.78 is 0. The van der Waals surface area contributed by atoms with E-state index in [1.807, 2.05) is 37.3 Å². The molecule has 0 saturated carbocycles. The van der Waals surface area contributed by atoms with Crippen LogP contribution in [0.2, 0.25) is 0 Å². The number of aliphatic carboxylic acids is 1. The third-order valence-electron chi connectivity index (χ3n) is 4.01. The molecule has 1 aromatic rings. The standard InChI is InChI=1S/C16H22N2O3/c1-16(9-5-6-10-17-16)15(21)18-13(11-14(19)20)12-7-3-2-4-8-12/h2-4,7-8,13,17H,5-6,9-11H2,1H3,(H,18,21)(H,19,20). The molecule has 3 N–H and O–H groups in total. The van der Waals surface area contributed by atoms with Gasteiger partial charge in [0.15, 0.2) is 0 Å². The van der Waals surface area contributed by atoms with Gasteiger partial charge in [-0.05, 0) is 38.3 Å². The van der Waals surface area contributed by atoms with Crippen molar-refractivity contribution in [3.8, 4) is 0 Å². The quantitative estimate of drug-likeness (QED) is 0.773. The summed E-state index contributed by atoms with van der Waals surface area (Å²) in [6.07, 6.45) is 2.73. The fourth-order valence-electron chi connectivity index (χ4n) is 2.68. The zero-order chi connectivity index (χ0) is 15.3. The maximum atomic E-state index is 12.5. The van der Waals surface area contributed by atoms with E-state index in [0.29, 0.717) is 0 Å². The van der Waals surface area contributed by atoms with E-state index in [1.165, 1.54) is 0 Å². The van der Waals surface area contributed by atoms with Crippen LogP contribution in [0.5, 0.6) is 0 Å². The van der Waals surface area contributed by atoms with Gasteiger partial charge in [-0.15, -0.1) is 0 Å². The molecule has 0 bridgehead atoms. The van der Waals surface area contributed by atoms with E-state index in [4.69, 9.17) is 5.11 Å². The average Bonchev–Trinajstić information content (AvgIpc) is 2.47. The first-order valence-corrected chi connectivity index (χ1v) is 7.34. The minimum atomic E-state index is -0.925. The molecule has 1 aliphatic rings. The summed E-state index contributed by atoms with van der Waals surface area (Å²) in [4.78, 5) is 23.6. The van der Waals surface area contributed by atoms with E-state index >= 15 is 0 Å². The molecule has 0 aliphatic carbocycles. The number of piperidine rings is 1. The Bertz CT molecular complexity index is 496. The number of amides is 1. The molecule has 5 nitrogen and oxygen atoms in total. The summed E-state index contributed by atoms with van der Waals surface area (Å²) in [7, 11) is 0. The topological polar surface area (TPSA) is 78.4 Å². The molecular formula is C16H22N2O3. The van der Waals surface area contributed by atoms with Crippen molar-refractivity contribution in [3.05, 3.63) is 35.9 Å². The van der Waals surface area contributed by atoms with Crippen LogP contribution in [0.1, 0.15) is 44.2 Å². The number of nitrogens with one attached hydrogen (secondary N) is 2. The van der Waals surface area contributed by atoms with E-state index in [9.17, 15) is 9.59 Å². The third kappa shape index (κ3) is 4.04. The number of hydrogen-bond acceptors (Lipinski definition) is 3. The van der Waals surface area contributed by atoms with Crippen LogP contribution in [0, 0.1) is 0 Å². The van der Waals surface area contributed by atoms with Crippen molar-refractivity contribution in [3.63, 3.8) is 0 Å². The highest BCUT2D eigenvalue weighted by molar-refractivity contribution is 5.86. The molecule has 1 aromatic carbocycles.